The summed E-state index contributed by atoms with van der Waals surface area (Å²) in [4.78, 5) is 37.8. The van der Waals surface area contributed by atoms with Gasteiger partial charge in [0.05, 0.1) is 24.3 Å². The van der Waals surface area contributed by atoms with Gasteiger partial charge < -0.3 is 19.1 Å². The third-order valence-corrected chi connectivity index (χ3v) is 4.08. The van der Waals surface area contributed by atoms with Crippen molar-refractivity contribution in [3.05, 3.63) is 65.0 Å². The van der Waals surface area contributed by atoms with Gasteiger partial charge in [0, 0.05) is 19.2 Å². The molecule has 0 aliphatic carbocycles. The normalized spacial score (nSPS) is 10.3. The highest BCUT2D eigenvalue weighted by Gasteiger charge is 2.17. The Balaban J connectivity index is 2.11. The molecule has 0 saturated heterocycles. The van der Waals surface area contributed by atoms with E-state index in [1.807, 2.05) is 0 Å². The lowest BCUT2D eigenvalue weighted by Crippen LogP contribution is -2.31. The van der Waals surface area contributed by atoms with Crippen LogP contribution in [-0.4, -0.2) is 49.6 Å². The molecule has 8 heteroatoms. The van der Waals surface area contributed by atoms with E-state index in [-0.39, 0.29) is 43.2 Å². The summed E-state index contributed by atoms with van der Waals surface area (Å²) in [5, 5.41) is 0. The molecule has 2 rings (SSSR count). The van der Waals surface area contributed by atoms with Crippen LogP contribution in [0.4, 0.5) is 4.39 Å². The molecule has 2 aromatic carbocycles. The third kappa shape index (κ3) is 6.30. The topological polar surface area (TPSA) is 82.1 Å². The van der Waals surface area contributed by atoms with Crippen LogP contribution < -0.4 is 4.74 Å². The van der Waals surface area contributed by atoms with Gasteiger partial charge in [-0.3, -0.25) is 4.79 Å². The minimum atomic E-state index is -0.628. The summed E-state index contributed by atoms with van der Waals surface area (Å²) in [6.45, 7) is 3.37. The Kier molecular flexibility index (Phi) is 8.34. The highest BCUT2D eigenvalue weighted by Crippen LogP contribution is 2.20. The molecule has 0 bridgehead atoms. The van der Waals surface area contributed by atoms with Crippen molar-refractivity contribution in [2.45, 2.75) is 20.4 Å². The number of likely N-dealkylation sites (N-methyl/N-ethyl adjacent to an activating group) is 1. The largest absolute Gasteiger partial charge is 0.484 e. The Labute approximate surface area is 174 Å². The van der Waals surface area contributed by atoms with E-state index in [1.54, 1.807) is 32.0 Å². The minimum Gasteiger partial charge on any atom is -0.484 e. The quantitative estimate of drug-likeness (QED) is 0.583. The highest BCUT2D eigenvalue weighted by atomic mass is 19.1. The van der Waals surface area contributed by atoms with Gasteiger partial charge in [-0.15, -0.1) is 0 Å². The Morgan fingerprint density at radius 2 is 1.50 bits per heavy atom. The van der Waals surface area contributed by atoms with Gasteiger partial charge in [-0.05, 0) is 38.1 Å². The van der Waals surface area contributed by atoms with Crippen molar-refractivity contribution in [3.8, 4) is 5.75 Å². The number of carbonyl (C=O) groups excluding carboxylic acids is 3. The molecule has 2 aromatic rings. The Morgan fingerprint density at radius 3 is 2.03 bits per heavy atom. The van der Waals surface area contributed by atoms with Crippen LogP contribution in [0.1, 0.15) is 40.1 Å². The lowest BCUT2D eigenvalue weighted by atomic mass is 10.1. The van der Waals surface area contributed by atoms with Gasteiger partial charge in [0.1, 0.15) is 11.6 Å². The fourth-order valence-corrected chi connectivity index (χ4v) is 2.57. The molecule has 0 aromatic heterocycles. The van der Waals surface area contributed by atoms with Crippen molar-refractivity contribution in [3.63, 3.8) is 0 Å². The number of ether oxygens (including phenoxy) is 3. The van der Waals surface area contributed by atoms with Crippen LogP contribution in [0.2, 0.25) is 0 Å². The second-order valence-electron chi connectivity index (χ2n) is 6.32. The smallest absolute Gasteiger partial charge is 0.338 e. The summed E-state index contributed by atoms with van der Waals surface area (Å²) in [6.07, 6.45) is 0. The molecule has 0 saturated carbocycles. The van der Waals surface area contributed by atoms with E-state index < -0.39 is 23.7 Å². The molecular weight excluding hydrogens is 393 g/mol. The van der Waals surface area contributed by atoms with Crippen molar-refractivity contribution >= 4 is 17.8 Å². The van der Waals surface area contributed by atoms with Crippen LogP contribution >= 0.6 is 0 Å². The fourth-order valence-electron chi connectivity index (χ4n) is 2.57. The monoisotopic (exact) mass is 417 g/mol. The average molecular weight is 417 g/mol. The number of amides is 1. The van der Waals surface area contributed by atoms with Crippen LogP contribution in [0.5, 0.6) is 5.75 Å². The van der Waals surface area contributed by atoms with Crippen molar-refractivity contribution in [1.29, 1.82) is 0 Å². The standard InChI is InChI=1S/C22H24FNO6/c1-4-28-21(26)16-10-17(22(27)29-5-2)12-18(11-16)30-14-20(25)24(3)13-15-8-6-7-9-19(15)23/h6-12H,4-5,13-14H2,1-3H3. The molecule has 0 spiro atoms. The lowest BCUT2D eigenvalue weighted by molar-refractivity contribution is -0.132. The molecule has 0 aliphatic rings. The summed E-state index contributed by atoms with van der Waals surface area (Å²) in [5.41, 5.74) is 0.580. The maximum atomic E-state index is 13.8. The van der Waals surface area contributed by atoms with Crippen molar-refractivity contribution in [2.75, 3.05) is 26.9 Å². The fraction of sp³-hybridized carbons (Fsp3) is 0.318. The van der Waals surface area contributed by atoms with E-state index in [2.05, 4.69) is 0 Å². The SMILES string of the molecule is CCOC(=O)c1cc(OCC(=O)N(C)Cc2ccccc2F)cc(C(=O)OCC)c1. The van der Waals surface area contributed by atoms with Crippen molar-refractivity contribution in [1.82, 2.24) is 4.90 Å². The van der Waals surface area contributed by atoms with E-state index in [4.69, 9.17) is 14.2 Å². The number of halogens is 1. The Hall–Kier alpha value is -3.42. The molecule has 1 amide bonds. The summed E-state index contributed by atoms with van der Waals surface area (Å²) < 4.78 is 29.2. The van der Waals surface area contributed by atoms with E-state index in [9.17, 15) is 18.8 Å². The van der Waals surface area contributed by atoms with E-state index >= 15 is 0 Å². The molecule has 7 nitrogen and oxygen atoms in total. The van der Waals surface area contributed by atoms with E-state index in [1.165, 1.54) is 36.2 Å². The van der Waals surface area contributed by atoms with Crippen LogP contribution in [0, 0.1) is 5.82 Å². The maximum Gasteiger partial charge on any atom is 0.338 e. The first kappa shape index (κ1) is 22.9. The second-order valence-corrected chi connectivity index (χ2v) is 6.32. The number of hydrogen-bond acceptors (Lipinski definition) is 6. The number of carbonyl (C=O) groups is 3. The lowest BCUT2D eigenvalue weighted by Gasteiger charge is -2.18. The first-order valence-electron chi connectivity index (χ1n) is 9.45. The predicted octanol–water partition coefficient (Wildman–Crippen LogP) is 3.22. The molecule has 0 atom stereocenters. The molecule has 0 aliphatic heterocycles. The van der Waals surface area contributed by atoms with Gasteiger partial charge in [0.25, 0.3) is 5.91 Å². The molecular formula is C22H24FNO6. The van der Waals surface area contributed by atoms with E-state index in [0.29, 0.717) is 5.56 Å². The van der Waals surface area contributed by atoms with Gasteiger partial charge in [-0.1, -0.05) is 18.2 Å². The van der Waals surface area contributed by atoms with Crippen LogP contribution in [-0.2, 0) is 20.8 Å². The van der Waals surface area contributed by atoms with Gasteiger partial charge >= 0.3 is 11.9 Å². The number of benzene rings is 2. The first-order valence-corrected chi connectivity index (χ1v) is 9.45. The Morgan fingerprint density at radius 1 is 0.933 bits per heavy atom. The van der Waals surface area contributed by atoms with Crippen molar-refractivity contribution < 1.29 is 33.0 Å². The summed E-state index contributed by atoms with van der Waals surface area (Å²) in [6, 6.07) is 10.3. The van der Waals surface area contributed by atoms with E-state index in [0.717, 1.165) is 0 Å². The van der Waals surface area contributed by atoms with Crippen LogP contribution in [0.25, 0.3) is 0 Å². The number of esters is 2. The zero-order valence-electron chi connectivity index (χ0n) is 17.1. The van der Waals surface area contributed by atoms with Crippen LogP contribution in [0.3, 0.4) is 0 Å². The molecule has 0 unspecified atom stereocenters. The molecule has 0 radical (unpaired) electrons. The Bertz CT molecular complexity index is 878. The molecule has 0 N–H and O–H groups in total. The minimum absolute atomic E-state index is 0.0752. The zero-order valence-corrected chi connectivity index (χ0v) is 17.1. The summed E-state index contributed by atoms with van der Waals surface area (Å²) >= 11 is 0. The number of rotatable bonds is 9. The summed E-state index contributed by atoms with van der Waals surface area (Å²) in [7, 11) is 1.53. The number of hydrogen-bond donors (Lipinski definition) is 0. The molecule has 30 heavy (non-hydrogen) atoms. The predicted molar refractivity (Wildman–Crippen MR) is 107 cm³/mol. The number of nitrogens with zero attached hydrogens (tertiary/aromatic N) is 1. The van der Waals surface area contributed by atoms with Crippen molar-refractivity contribution in [2.24, 2.45) is 0 Å². The second kappa shape index (κ2) is 10.9. The van der Waals surface area contributed by atoms with Gasteiger partial charge in [0.2, 0.25) is 0 Å². The first-order chi connectivity index (χ1) is 14.3. The zero-order chi connectivity index (χ0) is 22.1. The van der Waals surface area contributed by atoms with Gasteiger partial charge in [0.15, 0.2) is 6.61 Å². The average Bonchev–Trinajstić information content (AvgIpc) is 2.73. The van der Waals surface area contributed by atoms with Gasteiger partial charge in [-0.25, -0.2) is 14.0 Å². The highest BCUT2D eigenvalue weighted by molar-refractivity contribution is 5.96. The van der Waals surface area contributed by atoms with Gasteiger partial charge in [-0.2, -0.15) is 0 Å². The third-order valence-electron chi connectivity index (χ3n) is 4.08. The summed E-state index contributed by atoms with van der Waals surface area (Å²) in [5.74, 6) is -1.93. The van der Waals surface area contributed by atoms with Crippen LogP contribution in [0.15, 0.2) is 42.5 Å². The molecule has 0 heterocycles. The molecule has 160 valence electrons. The maximum absolute atomic E-state index is 13.8. The molecule has 0 fully saturated rings.